The van der Waals surface area contributed by atoms with E-state index in [0.29, 0.717) is 6.42 Å². The van der Waals surface area contributed by atoms with Gasteiger partial charge in [0.1, 0.15) is 0 Å². The molecule has 0 aliphatic rings. The number of hydrogen-bond acceptors (Lipinski definition) is 3. The van der Waals surface area contributed by atoms with Crippen molar-refractivity contribution in [2.75, 3.05) is 0 Å². The summed E-state index contributed by atoms with van der Waals surface area (Å²) in [6.07, 6.45) is 18.9. The van der Waals surface area contributed by atoms with Gasteiger partial charge in [0, 0.05) is 6.42 Å². The van der Waals surface area contributed by atoms with Crippen molar-refractivity contribution in [3.8, 4) is 0 Å². The first-order valence-corrected chi connectivity index (χ1v) is 10.4. The third-order valence-electron chi connectivity index (χ3n) is 4.97. The maximum atomic E-state index is 11.6. The van der Waals surface area contributed by atoms with Gasteiger partial charge in [0.05, 0.1) is 0 Å². The summed E-state index contributed by atoms with van der Waals surface area (Å²) in [7, 11) is 0. The summed E-state index contributed by atoms with van der Waals surface area (Å²) in [5.74, 6) is -2.05. The molecule has 0 saturated carbocycles. The Labute approximate surface area is 190 Å². The number of ketones is 1. The van der Waals surface area contributed by atoms with Gasteiger partial charge in [-0.25, -0.2) is 4.79 Å². The molecule has 0 amide bonds. The number of unbranched alkanes of at least 4 members (excludes halogenated alkanes) is 14. The fourth-order valence-corrected chi connectivity index (χ4v) is 3.02. The van der Waals surface area contributed by atoms with Gasteiger partial charge >= 0.3 is 43.7 Å². The van der Waals surface area contributed by atoms with Crippen LogP contribution in [0.5, 0.6) is 0 Å². The van der Waals surface area contributed by atoms with Gasteiger partial charge in [-0.3, -0.25) is 4.79 Å². The van der Waals surface area contributed by atoms with Crippen LogP contribution in [-0.4, -0.2) is 65.3 Å². The van der Waals surface area contributed by atoms with Gasteiger partial charge in [0.2, 0.25) is 5.60 Å². The molecule has 1 atom stereocenters. The molecule has 0 spiro atoms. The summed E-state index contributed by atoms with van der Waals surface area (Å²) in [5.41, 5.74) is -2.23. The van der Waals surface area contributed by atoms with Crippen LogP contribution in [0.2, 0.25) is 0 Å². The number of hydrogen-bond donors (Lipinski definition) is 2. The number of rotatable bonds is 18. The van der Waals surface area contributed by atoms with Crippen LogP contribution in [-0.2, 0) is 9.59 Å². The standard InChI is InChI=1S/C21H40O4.Ca.2H/c1-3-4-5-6-7-8-9-10-11-12-13-14-15-16-17-18-19(22)21(2,25)20(23)24;;;/h25H,3-18H2,1-2H3,(H,23,24);;;. The molecular formula is C21H42CaO4. The zero-order valence-corrected chi connectivity index (χ0v) is 16.5. The van der Waals surface area contributed by atoms with Crippen LogP contribution in [0.4, 0.5) is 0 Å². The van der Waals surface area contributed by atoms with E-state index in [1.807, 2.05) is 0 Å². The van der Waals surface area contributed by atoms with E-state index >= 15 is 0 Å². The molecule has 0 aliphatic heterocycles. The van der Waals surface area contributed by atoms with E-state index in [4.69, 9.17) is 5.11 Å². The molecule has 26 heavy (non-hydrogen) atoms. The topological polar surface area (TPSA) is 74.6 Å². The van der Waals surface area contributed by atoms with Gasteiger partial charge in [-0.05, 0) is 13.3 Å². The van der Waals surface area contributed by atoms with Gasteiger partial charge in [-0.15, -0.1) is 0 Å². The van der Waals surface area contributed by atoms with Crippen LogP contribution in [0, 0.1) is 0 Å². The number of carboxylic acid groups (broad SMARTS) is 1. The quantitative estimate of drug-likeness (QED) is 0.199. The van der Waals surface area contributed by atoms with E-state index in [-0.39, 0.29) is 44.2 Å². The van der Waals surface area contributed by atoms with E-state index in [1.165, 1.54) is 77.0 Å². The molecule has 0 aromatic heterocycles. The molecule has 0 heterocycles. The van der Waals surface area contributed by atoms with Crippen molar-refractivity contribution in [2.45, 2.75) is 122 Å². The number of aliphatic hydroxyl groups is 1. The zero-order chi connectivity index (χ0) is 19.0. The molecule has 0 fully saturated rings. The Bertz CT molecular complexity index is 356. The number of carbonyl (C=O) groups is 2. The molecule has 2 N–H and O–H groups in total. The molecule has 0 bridgehead atoms. The summed E-state index contributed by atoms with van der Waals surface area (Å²) in [6, 6.07) is 0. The van der Waals surface area contributed by atoms with Crippen LogP contribution in [0.1, 0.15) is 117 Å². The molecular weight excluding hydrogens is 356 g/mol. The van der Waals surface area contributed by atoms with Crippen molar-refractivity contribution in [2.24, 2.45) is 0 Å². The molecule has 152 valence electrons. The summed E-state index contributed by atoms with van der Waals surface area (Å²) in [4.78, 5) is 22.4. The molecule has 0 aromatic carbocycles. The van der Waals surface area contributed by atoms with Crippen LogP contribution in [0.3, 0.4) is 0 Å². The van der Waals surface area contributed by atoms with E-state index in [9.17, 15) is 14.7 Å². The Morgan fingerprint density at radius 1 is 0.692 bits per heavy atom. The number of Topliss-reactive ketones (excluding diaryl/α,β-unsaturated/α-hetero) is 1. The summed E-state index contributed by atoms with van der Waals surface area (Å²) < 4.78 is 0. The van der Waals surface area contributed by atoms with E-state index in [1.54, 1.807) is 0 Å². The van der Waals surface area contributed by atoms with Crippen LogP contribution in [0.15, 0.2) is 0 Å². The van der Waals surface area contributed by atoms with Crippen molar-refractivity contribution in [3.63, 3.8) is 0 Å². The van der Waals surface area contributed by atoms with Crippen LogP contribution < -0.4 is 0 Å². The van der Waals surface area contributed by atoms with Gasteiger partial charge < -0.3 is 10.2 Å². The van der Waals surface area contributed by atoms with E-state index in [2.05, 4.69) is 6.92 Å². The second-order valence-corrected chi connectivity index (χ2v) is 7.50. The Kier molecular flexibility index (Phi) is 20.6. The van der Waals surface area contributed by atoms with Crippen LogP contribution >= 0.6 is 0 Å². The Balaban J connectivity index is 0. The van der Waals surface area contributed by atoms with Crippen molar-refractivity contribution in [1.82, 2.24) is 0 Å². The Morgan fingerprint density at radius 3 is 1.31 bits per heavy atom. The fourth-order valence-electron chi connectivity index (χ4n) is 3.02. The van der Waals surface area contributed by atoms with Crippen molar-refractivity contribution in [3.05, 3.63) is 0 Å². The number of carbonyl (C=O) groups excluding carboxylic acids is 1. The second-order valence-electron chi connectivity index (χ2n) is 7.50. The van der Waals surface area contributed by atoms with E-state index < -0.39 is 17.4 Å². The average Bonchev–Trinajstić information content (AvgIpc) is 2.57. The molecule has 0 aliphatic carbocycles. The Hall–Kier alpha value is 0.360. The van der Waals surface area contributed by atoms with Gasteiger partial charge in [-0.2, -0.15) is 0 Å². The van der Waals surface area contributed by atoms with Crippen molar-refractivity contribution in [1.29, 1.82) is 0 Å². The minimum atomic E-state index is -2.23. The van der Waals surface area contributed by atoms with Crippen molar-refractivity contribution < 1.29 is 19.8 Å². The molecule has 0 rings (SSSR count). The fraction of sp³-hybridized carbons (Fsp3) is 0.905. The molecule has 0 aromatic rings. The van der Waals surface area contributed by atoms with Crippen LogP contribution in [0.25, 0.3) is 0 Å². The predicted molar refractivity (Wildman–Crippen MR) is 111 cm³/mol. The zero-order valence-electron chi connectivity index (χ0n) is 16.5. The third kappa shape index (κ3) is 15.4. The molecule has 5 heteroatoms. The third-order valence-corrected chi connectivity index (χ3v) is 4.97. The monoisotopic (exact) mass is 398 g/mol. The van der Waals surface area contributed by atoms with Gasteiger partial charge in [0.25, 0.3) is 0 Å². The molecule has 1 unspecified atom stereocenters. The van der Waals surface area contributed by atoms with Gasteiger partial charge in [-0.1, -0.05) is 96.8 Å². The summed E-state index contributed by atoms with van der Waals surface area (Å²) >= 11 is 0. The second kappa shape index (κ2) is 18.7. The first-order chi connectivity index (χ1) is 11.9. The SMILES string of the molecule is CCCCCCCCCCCCCCCCCC(=O)C(C)(O)C(=O)O.[CaH2]. The Morgan fingerprint density at radius 2 is 1.00 bits per heavy atom. The molecule has 0 saturated heterocycles. The average molecular weight is 399 g/mol. The maximum absolute atomic E-state index is 11.6. The predicted octanol–water partition coefficient (Wildman–Crippen LogP) is 4.74. The number of aliphatic carboxylic acids is 1. The molecule has 4 nitrogen and oxygen atoms in total. The van der Waals surface area contributed by atoms with Crippen molar-refractivity contribution >= 4 is 49.5 Å². The summed E-state index contributed by atoms with van der Waals surface area (Å²) in [6.45, 7) is 3.31. The van der Waals surface area contributed by atoms with Gasteiger partial charge in [0.15, 0.2) is 5.78 Å². The normalized spacial score (nSPS) is 13.0. The first kappa shape index (κ1) is 28.6. The summed E-state index contributed by atoms with van der Waals surface area (Å²) in [5, 5.41) is 18.3. The minimum absolute atomic E-state index is 0. The number of carboxylic acids is 1. The first-order valence-electron chi connectivity index (χ1n) is 10.4. The van der Waals surface area contributed by atoms with E-state index in [0.717, 1.165) is 19.8 Å². The molecule has 0 radical (unpaired) electrons.